The monoisotopic (exact) mass is 371 g/mol. The van der Waals surface area contributed by atoms with Crippen molar-refractivity contribution in [2.75, 3.05) is 25.6 Å². The molecule has 144 valence electrons. The van der Waals surface area contributed by atoms with Crippen molar-refractivity contribution in [2.45, 2.75) is 18.9 Å². The predicted molar refractivity (Wildman–Crippen MR) is 102 cm³/mol. The number of methoxy groups -OCH3 is 1. The van der Waals surface area contributed by atoms with Crippen LogP contribution in [-0.4, -0.2) is 36.9 Å². The zero-order chi connectivity index (χ0) is 19.2. The lowest BCUT2D eigenvalue weighted by Crippen LogP contribution is -2.33. The molecule has 2 unspecified atom stereocenters. The number of hydrogen-bond acceptors (Lipinski definition) is 4. The lowest BCUT2D eigenvalue weighted by atomic mass is 9.94. The maximum atomic E-state index is 12.6. The predicted octanol–water partition coefficient (Wildman–Crippen LogP) is 3.10. The van der Waals surface area contributed by atoms with Gasteiger partial charge in [0.1, 0.15) is 5.69 Å². The summed E-state index contributed by atoms with van der Waals surface area (Å²) in [5, 5.41) is 5.85. The van der Waals surface area contributed by atoms with E-state index < -0.39 is 5.97 Å². The second kappa shape index (κ2) is 8.73. The molecule has 1 aromatic heterocycles. The molecule has 2 aromatic rings. The molecule has 2 atom stereocenters. The lowest BCUT2D eigenvalue weighted by Gasteiger charge is -2.22. The van der Waals surface area contributed by atoms with Crippen molar-refractivity contribution in [3.05, 3.63) is 53.9 Å². The highest BCUT2D eigenvalue weighted by Crippen LogP contribution is 2.26. The van der Waals surface area contributed by atoms with Crippen LogP contribution in [0.15, 0.2) is 42.6 Å². The lowest BCUT2D eigenvalue weighted by molar-refractivity contribution is 0.0590. The summed E-state index contributed by atoms with van der Waals surface area (Å²) in [6.45, 7) is 1.51. The smallest absolute Gasteiger partial charge is 0.354 e. The first-order valence-electron chi connectivity index (χ1n) is 9.01. The summed E-state index contributed by atoms with van der Waals surface area (Å²) >= 11 is 0. The molecule has 2 amide bonds. The molecule has 0 aliphatic carbocycles. The van der Waals surface area contributed by atoms with Gasteiger partial charge in [-0.15, -0.1) is 0 Å². The Morgan fingerprint density at radius 3 is 2.78 bits per heavy atom. The van der Waals surface area contributed by atoms with Gasteiger partial charge in [-0.1, -0.05) is 30.3 Å². The van der Waals surface area contributed by atoms with Gasteiger partial charge in [0.05, 0.1) is 18.8 Å². The Labute approximate surface area is 158 Å². The summed E-state index contributed by atoms with van der Waals surface area (Å²) in [6.07, 6.45) is 3.50. The molecular formula is C20H25N3O4. The van der Waals surface area contributed by atoms with Crippen LogP contribution in [0.25, 0.3) is 0 Å². The van der Waals surface area contributed by atoms with Gasteiger partial charge in [-0.2, -0.15) is 0 Å². The molecule has 3 rings (SSSR count). The van der Waals surface area contributed by atoms with Gasteiger partial charge >= 0.3 is 12.0 Å². The molecule has 1 fully saturated rings. The summed E-state index contributed by atoms with van der Waals surface area (Å²) < 4.78 is 11.8. The maximum Gasteiger partial charge on any atom is 0.354 e. The second-order valence-corrected chi connectivity index (χ2v) is 6.74. The van der Waals surface area contributed by atoms with Crippen LogP contribution in [0.3, 0.4) is 0 Å². The first-order valence-corrected chi connectivity index (χ1v) is 9.01. The average Bonchev–Trinajstić information content (AvgIpc) is 3.30. The number of nitrogens with one attached hydrogen (secondary N) is 2. The first-order chi connectivity index (χ1) is 13.1. The topological polar surface area (TPSA) is 81.6 Å². The van der Waals surface area contributed by atoms with Gasteiger partial charge < -0.3 is 24.7 Å². The van der Waals surface area contributed by atoms with Crippen molar-refractivity contribution < 1.29 is 19.1 Å². The number of hydrogen-bond donors (Lipinski definition) is 2. The van der Waals surface area contributed by atoms with E-state index in [0.717, 1.165) is 31.6 Å². The van der Waals surface area contributed by atoms with Crippen molar-refractivity contribution in [3.63, 3.8) is 0 Å². The van der Waals surface area contributed by atoms with Crippen LogP contribution in [0.5, 0.6) is 0 Å². The number of ether oxygens (including phenoxy) is 2. The third-order valence-corrected chi connectivity index (χ3v) is 4.76. The number of urea groups is 1. The molecule has 1 saturated heterocycles. The molecule has 2 heterocycles. The molecule has 1 aliphatic heterocycles. The summed E-state index contributed by atoms with van der Waals surface area (Å²) in [6, 6.07) is 11.1. The van der Waals surface area contributed by atoms with Crippen LogP contribution in [0.2, 0.25) is 0 Å². The van der Waals surface area contributed by atoms with Crippen molar-refractivity contribution >= 4 is 17.7 Å². The summed E-state index contributed by atoms with van der Waals surface area (Å²) in [5.74, 6) is -0.0208. The quantitative estimate of drug-likeness (QED) is 0.765. The minimum absolute atomic E-state index is 0.110. The molecule has 1 aromatic carbocycles. The van der Waals surface area contributed by atoms with Gasteiger partial charge in [0, 0.05) is 26.5 Å². The van der Waals surface area contributed by atoms with Gasteiger partial charge in [0.15, 0.2) is 0 Å². The van der Waals surface area contributed by atoms with Crippen LogP contribution in [-0.2, 0) is 16.5 Å². The maximum absolute atomic E-state index is 12.6. The number of amides is 2. The van der Waals surface area contributed by atoms with E-state index >= 15 is 0 Å². The molecule has 2 N–H and O–H groups in total. The molecule has 7 nitrogen and oxygen atoms in total. The highest BCUT2D eigenvalue weighted by Gasteiger charge is 2.23. The Kier molecular flexibility index (Phi) is 6.13. The van der Waals surface area contributed by atoms with E-state index in [1.165, 1.54) is 7.11 Å². The Morgan fingerprint density at radius 1 is 1.33 bits per heavy atom. The van der Waals surface area contributed by atoms with Crippen LogP contribution in [0, 0.1) is 5.92 Å². The van der Waals surface area contributed by atoms with Crippen LogP contribution < -0.4 is 10.6 Å². The van der Waals surface area contributed by atoms with Gasteiger partial charge in [-0.05, 0) is 30.4 Å². The minimum atomic E-state index is -0.450. The molecule has 7 heteroatoms. The van der Waals surface area contributed by atoms with Crippen LogP contribution in [0.4, 0.5) is 10.5 Å². The fraction of sp³-hybridized carbons (Fsp3) is 0.400. The van der Waals surface area contributed by atoms with Gasteiger partial charge in [-0.25, -0.2) is 9.59 Å². The number of carbonyl (C=O) groups excluding carboxylic acids is 2. The molecular weight excluding hydrogens is 346 g/mol. The van der Waals surface area contributed by atoms with E-state index in [0.29, 0.717) is 17.3 Å². The Balaban J connectivity index is 1.68. The number of benzene rings is 1. The molecule has 1 aliphatic rings. The Bertz CT molecular complexity index is 782. The second-order valence-electron chi connectivity index (χ2n) is 6.74. The van der Waals surface area contributed by atoms with E-state index in [1.54, 1.807) is 23.9 Å². The fourth-order valence-corrected chi connectivity index (χ4v) is 3.33. The molecule has 27 heavy (non-hydrogen) atoms. The van der Waals surface area contributed by atoms with E-state index in [9.17, 15) is 9.59 Å². The third-order valence-electron chi connectivity index (χ3n) is 4.76. The van der Waals surface area contributed by atoms with Gasteiger partial charge in [-0.3, -0.25) is 0 Å². The summed E-state index contributed by atoms with van der Waals surface area (Å²) in [4.78, 5) is 24.3. The van der Waals surface area contributed by atoms with Gasteiger partial charge in [0.25, 0.3) is 0 Å². The summed E-state index contributed by atoms with van der Waals surface area (Å²) in [5.41, 5.74) is 1.96. The van der Waals surface area contributed by atoms with Crippen molar-refractivity contribution in [2.24, 2.45) is 13.0 Å². The zero-order valence-corrected chi connectivity index (χ0v) is 15.6. The zero-order valence-electron chi connectivity index (χ0n) is 15.6. The average molecular weight is 371 g/mol. The fourth-order valence-electron chi connectivity index (χ4n) is 3.33. The van der Waals surface area contributed by atoms with Crippen LogP contribution >= 0.6 is 0 Å². The number of nitrogens with zero attached hydrogens (tertiary/aromatic N) is 1. The highest BCUT2D eigenvalue weighted by molar-refractivity contribution is 5.93. The van der Waals surface area contributed by atoms with E-state index in [2.05, 4.69) is 10.6 Å². The standard InChI is InChI=1S/C20H25N3O4/c1-23-12-16(11-18(23)19(24)26-2)21-20(25)22-17(10-14-8-9-27-13-14)15-6-4-3-5-7-15/h3-7,11-12,14,17H,8-10,13H2,1-2H3,(H2,21,22,25). The SMILES string of the molecule is COC(=O)c1cc(NC(=O)NC(CC2CCOC2)c2ccccc2)cn1C. The minimum Gasteiger partial charge on any atom is -0.464 e. The van der Waals surface area contributed by atoms with Crippen molar-refractivity contribution in [3.8, 4) is 0 Å². The number of rotatable bonds is 6. The largest absolute Gasteiger partial charge is 0.464 e. The summed E-state index contributed by atoms with van der Waals surface area (Å²) in [7, 11) is 3.05. The molecule has 0 saturated carbocycles. The van der Waals surface area contributed by atoms with E-state index in [1.807, 2.05) is 30.3 Å². The normalized spacial score (nSPS) is 17.3. The number of aromatic nitrogens is 1. The van der Waals surface area contributed by atoms with Crippen molar-refractivity contribution in [1.29, 1.82) is 0 Å². The Morgan fingerprint density at radius 2 is 2.11 bits per heavy atom. The Hall–Kier alpha value is -2.80. The van der Waals surface area contributed by atoms with E-state index in [-0.39, 0.29) is 12.1 Å². The highest BCUT2D eigenvalue weighted by atomic mass is 16.5. The molecule has 0 spiro atoms. The number of esters is 1. The molecule has 0 bridgehead atoms. The van der Waals surface area contributed by atoms with E-state index in [4.69, 9.17) is 9.47 Å². The van der Waals surface area contributed by atoms with Crippen LogP contribution in [0.1, 0.15) is 34.9 Å². The molecule has 0 radical (unpaired) electrons. The number of aryl methyl sites for hydroxylation is 1. The van der Waals surface area contributed by atoms with Gasteiger partial charge in [0.2, 0.25) is 0 Å². The number of anilines is 1. The first kappa shape index (κ1) is 19.0. The number of carbonyl (C=O) groups is 2. The van der Waals surface area contributed by atoms with Crippen molar-refractivity contribution in [1.82, 2.24) is 9.88 Å². The third kappa shape index (κ3) is 4.89.